The Morgan fingerprint density at radius 1 is 0.700 bits per heavy atom. The lowest BCUT2D eigenvalue weighted by Gasteiger charge is -2.27. The summed E-state index contributed by atoms with van der Waals surface area (Å²) in [6.45, 7) is 4.76. The Morgan fingerprint density at radius 3 is 2.12 bits per heavy atom. The molecule has 2 aliphatic rings. The molecule has 40 heavy (non-hydrogen) atoms. The Hall–Kier alpha value is -4.56. The Balaban J connectivity index is 1.24. The zero-order chi connectivity index (χ0) is 27.0. The Morgan fingerprint density at radius 2 is 1.38 bits per heavy atom. The molecule has 0 atom stereocenters. The van der Waals surface area contributed by atoms with Crippen molar-refractivity contribution in [1.29, 1.82) is 0 Å². The highest BCUT2D eigenvalue weighted by molar-refractivity contribution is 6.09. The lowest BCUT2D eigenvalue weighted by molar-refractivity contribution is 0.660. The third-order valence-corrected chi connectivity index (χ3v) is 9.28. The lowest BCUT2D eigenvalue weighted by atomic mass is 9.82. The number of rotatable bonds is 3. The average molecular weight is 517 g/mol. The maximum Gasteiger partial charge on any atom is 0.0541 e. The topological polar surface area (TPSA) is 8.17 Å². The molecule has 2 nitrogen and oxygen atoms in total. The van der Waals surface area contributed by atoms with Crippen molar-refractivity contribution in [2.45, 2.75) is 32.1 Å². The molecule has 0 radical (unpaired) electrons. The Kier molecular flexibility index (Phi) is 4.94. The number of hydrogen-bond donors (Lipinski definition) is 0. The van der Waals surface area contributed by atoms with Gasteiger partial charge in [-0.3, -0.25) is 0 Å². The number of para-hydroxylation sites is 2. The first kappa shape index (κ1) is 23.3. The van der Waals surface area contributed by atoms with Crippen molar-refractivity contribution in [3.8, 4) is 16.8 Å². The summed E-state index contributed by atoms with van der Waals surface area (Å²) in [5.41, 5.74) is 14.5. The fourth-order valence-electron chi connectivity index (χ4n) is 7.17. The number of hydrogen-bond acceptors (Lipinski definition) is 1. The number of allylic oxidation sites excluding steroid dienone is 1. The summed E-state index contributed by atoms with van der Waals surface area (Å²) >= 11 is 0. The standard InChI is InChI=1S/C38H32N2/c1-38(2)33-23-26(39(3)35-18-10-12-25-11-4-5-13-28(25)35)19-21-29(33)30-22-20-27(24-34(30)38)40-36-16-8-6-14-31(36)32-15-7-9-17-37(32)40/h4,6-12,14-24H,5,13H2,1-3H3. The highest BCUT2D eigenvalue weighted by Crippen LogP contribution is 2.51. The Bertz CT molecular complexity index is 1950. The van der Waals surface area contributed by atoms with Gasteiger partial charge in [-0.2, -0.15) is 0 Å². The zero-order valence-corrected chi connectivity index (χ0v) is 23.3. The number of nitrogens with zero attached hydrogens (tertiary/aromatic N) is 2. The molecule has 1 heterocycles. The summed E-state index contributed by atoms with van der Waals surface area (Å²) in [6, 6.07) is 38.3. The predicted molar refractivity (Wildman–Crippen MR) is 170 cm³/mol. The minimum atomic E-state index is -0.102. The molecular weight excluding hydrogens is 484 g/mol. The first-order chi connectivity index (χ1) is 19.5. The molecule has 0 N–H and O–H groups in total. The van der Waals surface area contributed by atoms with Gasteiger partial charge in [-0.15, -0.1) is 0 Å². The van der Waals surface area contributed by atoms with E-state index in [0.29, 0.717) is 0 Å². The van der Waals surface area contributed by atoms with Gasteiger partial charge in [-0.05, 0) is 88.7 Å². The maximum absolute atomic E-state index is 2.43. The van der Waals surface area contributed by atoms with E-state index in [-0.39, 0.29) is 5.41 Å². The lowest BCUT2D eigenvalue weighted by Crippen LogP contribution is -2.17. The quantitative estimate of drug-likeness (QED) is 0.227. The third-order valence-electron chi connectivity index (χ3n) is 9.28. The van der Waals surface area contributed by atoms with Crippen molar-refractivity contribution in [3.05, 3.63) is 131 Å². The van der Waals surface area contributed by atoms with Crippen LogP contribution in [0.1, 0.15) is 42.5 Å². The van der Waals surface area contributed by atoms with Gasteiger partial charge in [0.2, 0.25) is 0 Å². The van der Waals surface area contributed by atoms with Crippen molar-refractivity contribution in [3.63, 3.8) is 0 Å². The van der Waals surface area contributed by atoms with Gasteiger partial charge in [-0.1, -0.05) is 86.7 Å². The molecule has 2 aliphatic carbocycles. The minimum absolute atomic E-state index is 0.102. The van der Waals surface area contributed by atoms with Gasteiger partial charge in [0.1, 0.15) is 0 Å². The second-order valence-electron chi connectivity index (χ2n) is 11.8. The van der Waals surface area contributed by atoms with E-state index in [1.54, 1.807) is 0 Å². The molecule has 194 valence electrons. The van der Waals surface area contributed by atoms with Gasteiger partial charge in [0.05, 0.1) is 11.0 Å². The van der Waals surface area contributed by atoms with Crippen molar-refractivity contribution >= 4 is 39.3 Å². The van der Waals surface area contributed by atoms with Crippen LogP contribution in [-0.4, -0.2) is 11.6 Å². The van der Waals surface area contributed by atoms with Crippen molar-refractivity contribution in [1.82, 2.24) is 4.57 Å². The molecule has 6 aromatic rings. The van der Waals surface area contributed by atoms with E-state index < -0.39 is 0 Å². The number of benzene rings is 5. The van der Waals surface area contributed by atoms with Crippen LogP contribution >= 0.6 is 0 Å². The summed E-state index contributed by atoms with van der Waals surface area (Å²) in [7, 11) is 2.21. The molecule has 0 fully saturated rings. The van der Waals surface area contributed by atoms with Gasteiger partial charge in [0, 0.05) is 40.3 Å². The molecule has 0 spiro atoms. The molecule has 0 aliphatic heterocycles. The van der Waals surface area contributed by atoms with E-state index >= 15 is 0 Å². The fourth-order valence-corrected chi connectivity index (χ4v) is 7.17. The van der Waals surface area contributed by atoms with Crippen LogP contribution in [0.3, 0.4) is 0 Å². The van der Waals surface area contributed by atoms with Gasteiger partial charge >= 0.3 is 0 Å². The molecule has 0 amide bonds. The van der Waals surface area contributed by atoms with Gasteiger partial charge in [0.25, 0.3) is 0 Å². The monoisotopic (exact) mass is 516 g/mol. The second-order valence-corrected chi connectivity index (χ2v) is 11.8. The second kappa shape index (κ2) is 8.47. The average Bonchev–Trinajstić information content (AvgIpc) is 3.45. The summed E-state index contributed by atoms with van der Waals surface area (Å²) in [5, 5.41) is 2.60. The molecular formula is C38H32N2. The highest BCUT2D eigenvalue weighted by Gasteiger charge is 2.36. The van der Waals surface area contributed by atoms with E-state index in [1.165, 1.54) is 72.2 Å². The van der Waals surface area contributed by atoms with Crippen LogP contribution in [0, 0.1) is 0 Å². The van der Waals surface area contributed by atoms with Gasteiger partial charge in [0.15, 0.2) is 0 Å². The van der Waals surface area contributed by atoms with E-state index in [1.807, 2.05) is 0 Å². The van der Waals surface area contributed by atoms with Gasteiger partial charge in [-0.25, -0.2) is 0 Å². The van der Waals surface area contributed by atoms with E-state index in [4.69, 9.17) is 0 Å². The fraction of sp³-hybridized carbons (Fsp3) is 0.158. The largest absolute Gasteiger partial charge is 0.344 e. The number of fused-ring (bicyclic) bond motifs is 7. The summed E-state index contributed by atoms with van der Waals surface area (Å²) < 4.78 is 2.43. The summed E-state index contributed by atoms with van der Waals surface area (Å²) in [6.07, 6.45) is 6.76. The molecule has 8 rings (SSSR count). The first-order valence-electron chi connectivity index (χ1n) is 14.3. The maximum atomic E-state index is 2.43. The van der Waals surface area contributed by atoms with Crippen LogP contribution in [0.2, 0.25) is 0 Å². The summed E-state index contributed by atoms with van der Waals surface area (Å²) in [5.74, 6) is 0. The smallest absolute Gasteiger partial charge is 0.0541 e. The van der Waals surface area contributed by atoms with Crippen molar-refractivity contribution in [2.75, 3.05) is 11.9 Å². The molecule has 0 saturated carbocycles. The van der Waals surface area contributed by atoms with Crippen molar-refractivity contribution < 1.29 is 0 Å². The molecule has 1 aromatic heterocycles. The Labute approximate surface area is 235 Å². The summed E-state index contributed by atoms with van der Waals surface area (Å²) in [4.78, 5) is 2.38. The van der Waals surface area contributed by atoms with Crippen LogP contribution in [0.5, 0.6) is 0 Å². The number of anilines is 2. The normalized spacial score (nSPS) is 14.8. The van der Waals surface area contributed by atoms with Crippen LogP contribution in [0.15, 0.2) is 109 Å². The SMILES string of the molecule is CN(c1ccc2c(c1)C(C)(C)c1cc(-n3c4ccccc4c4ccccc43)ccc1-2)c1cccc2c1CCC=C2. The van der Waals surface area contributed by atoms with Gasteiger partial charge < -0.3 is 9.47 Å². The van der Waals surface area contributed by atoms with E-state index in [2.05, 4.69) is 146 Å². The predicted octanol–water partition coefficient (Wildman–Crippen LogP) is 9.82. The van der Waals surface area contributed by atoms with E-state index in [0.717, 1.165) is 12.8 Å². The van der Waals surface area contributed by atoms with Crippen LogP contribution < -0.4 is 4.90 Å². The molecule has 0 unspecified atom stereocenters. The highest BCUT2D eigenvalue weighted by atomic mass is 15.1. The van der Waals surface area contributed by atoms with Crippen LogP contribution in [-0.2, 0) is 11.8 Å². The van der Waals surface area contributed by atoms with E-state index in [9.17, 15) is 0 Å². The number of aromatic nitrogens is 1. The zero-order valence-electron chi connectivity index (χ0n) is 23.3. The van der Waals surface area contributed by atoms with Crippen molar-refractivity contribution in [2.24, 2.45) is 0 Å². The molecule has 0 saturated heterocycles. The third kappa shape index (κ3) is 3.23. The van der Waals surface area contributed by atoms with Crippen LogP contribution in [0.25, 0.3) is 44.7 Å². The molecule has 2 heteroatoms. The minimum Gasteiger partial charge on any atom is -0.344 e. The first-order valence-corrected chi connectivity index (χ1v) is 14.3. The molecule has 0 bridgehead atoms. The molecule has 5 aromatic carbocycles. The van der Waals surface area contributed by atoms with Crippen LogP contribution in [0.4, 0.5) is 11.4 Å².